The predicted octanol–water partition coefficient (Wildman–Crippen LogP) is 2.80. The Kier molecular flexibility index (Phi) is 7.59. The van der Waals surface area contributed by atoms with Crippen LogP contribution in [0.25, 0.3) is 0 Å². The summed E-state index contributed by atoms with van der Waals surface area (Å²) in [5, 5.41) is 7.64. The molecule has 2 saturated heterocycles. The summed E-state index contributed by atoms with van der Waals surface area (Å²) in [6.45, 7) is 11.4. The highest BCUT2D eigenvalue weighted by atomic mass is 16.5. The molecule has 7 heteroatoms. The van der Waals surface area contributed by atoms with Gasteiger partial charge in [-0.3, -0.25) is 14.8 Å². The fourth-order valence-corrected chi connectivity index (χ4v) is 4.52. The van der Waals surface area contributed by atoms with Crippen molar-refractivity contribution in [1.29, 1.82) is 0 Å². The maximum Gasteiger partial charge on any atom is 0.194 e. The normalized spacial score (nSPS) is 19.7. The van der Waals surface area contributed by atoms with E-state index in [1.54, 1.807) is 6.26 Å². The molecule has 0 aliphatic carbocycles. The first-order chi connectivity index (χ1) is 15.2. The van der Waals surface area contributed by atoms with E-state index >= 15 is 0 Å². The van der Waals surface area contributed by atoms with Gasteiger partial charge >= 0.3 is 0 Å². The third-order valence-corrected chi connectivity index (χ3v) is 6.59. The van der Waals surface area contributed by atoms with Crippen molar-refractivity contribution in [3.05, 3.63) is 53.4 Å². The van der Waals surface area contributed by atoms with Gasteiger partial charge in [-0.1, -0.05) is 36.3 Å². The summed E-state index contributed by atoms with van der Waals surface area (Å²) >= 11 is 0. The Bertz CT molecular complexity index is 820. The van der Waals surface area contributed by atoms with Gasteiger partial charge in [0.15, 0.2) is 5.96 Å². The zero-order valence-electron chi connectivity index (χ0n) is 19.0. The van der Waals surface area contributed by atoms with Gasteiger partial charge in [-0.15, -0.1) is 0 Å². The molecule has 168 valence electrons. The van der Waals surface area contributed by atoms with E-state index in [2.05, 4.69) is 61.4 Å². The average molecular weight is 425 g/mol. The summed E-state index contributed by atoms with van der Waals surface area (Å²) in [7, 11) is 1.88. The number of rotatable bonds is 6. The van der Waals surface area contributed by atoms with E-state index < -0.39 is 0 Å². The third kappa shape index (κ3) is 6.08. The van der Waals surface area contributed by atoms with Crippen LogP contribution >= 0.6 is 0 Å². The molecule has 0 bridgehead atoms. The van der Waals surface area contributed by atoms with Crippen molar-refractivity contribution in [3.63, 3.8) is 0 Å². The molecule has 2 aliphatic rings. The molecule has 1 aromatic heterocycles. The van der Waals surface area contributed by atoms with Crippen molar-refractivity contribution in [2.45, 2.75) is 39.4 Å². The number of piperazine rings is 1. The van der Waals surface area contributed by atoms with Gasteiger partial charge in [0.25, 0.3) is 0 Å². The molecule has 31 heavy (non-hydrogen) atoms. The fourth-order valence-electron chi connectivity index (χ4n) is 4.52. The molecule has 0 unspecified atom stereocenters. The number of aromatic nitrogens is 1. The molecule has 4 rings (SSSR count). The number of aliphatic imine (C=N–C) groups is 1. The van der Waals surface area contributed by atoms with Crippen LogP contribution in [0.3, 0.4) is 0 Å². The van der Waals surface area contributed by atoms with E-state index in [4.69, 9.17) is 4.52 Å². The summed E-state index contributed by atoms with van der Waals surface area (Å²) < 4.78 is 4.95. The number of guanidine groups is 1. The first-order valence-corrected chi connectivity index (χ1v) is 11.6. The maximum absolute atomic E-state index is 4.95. The molecular formula is C24H36N6O. The monoisotopic (exact) mass is 424 g/mol. The average Bonchev–Trinajstić information content (AvgIpc) is 3.31. The van der Waals surface area contributed by atoms with Crippen molar-refractivity contribution < 1.29 is 4.52 Å². The van der Waals surface area contributed by atoms with Gasteiger partial charge in [-0.05, 0) is 43.0 Å². The van der Waals surface area contributed by atoms with Crippen molar-refractivity contribution >= 4 is 5.96 Å². The topological polar surface area (TPSA) is 60.1 Å². The molecule has 0 spiro atoms. The van der Waals surface area contributed by atoms with Crippen LogP contribution in [0, 0.1) is 5.92 Å². The van der Waals surface area contributed by atoms with Crippen molar-refractivity contribution in [3.8, 4) is 0 Å². The number of hydrogen-bond acceptors (Lipinski definition) is 5. The number of likely N-dealkylation sites (tertiary alicyclic amines) is 1. The number of hydrogen-bond donors (Lipinski definition) is 1. The van der Waals surface area contributed by atoms with E-state index in [-0.39, 0.29) is 0 Å². The molecule has 7 nitrogen and oxygen atoms in total. The summed E-state index contributed by atoms with van der Waals surface area (Å²) in [6, 6.07) is 10.8. The number of nitrogens with one attached hydrogen (secondary N) is 1. The van der Waals surface area contributed by atoms with Crippen LogP contribution in [0.4, 0.5) is 0 Å². The van der Waals surface area contributed by atoms with Crippen LogP contribution in [0.5, 0.6) is 0 Å². The van der Waals surface area contributed by atoms with Crippen molar-refractivity contribution in [2.24, 2.45) is 10.9 Å². The number of benzene rings is 1. The highest BCUT2D eigenvalue weighted by Gasteiger charge is 2.21. The van der Waals surface area contributed by atoms with E-state index in [0.29, 0.717) is 0 Å². The molecule has 1 N–H and O–H groups in total. The molecule has 3 heterocycles. The second-order valence-electron chi connectivity index (χ2n) is 8.88. The molecule has 2 aliphatic heterocycles. The Morgan fingerprint density at radius 3 is 2.39 bits per heavy atom. The summed E-state index contributed by atoms with van der Waals surface area (Å²) in [6.07, 6.45) is 4.27. The molecule has 0 saturated carbocycles. The second kappa shape index (κ2) is 10.8. The second-order valence-corrected chi connectivity index (χ2v) is 8.88. The Morgan fingerprint density at radius 2 is 1.71 bits per heavy atom. The van der Waals surface area contributed by atoms with Crippen LogP contribution in [-0.4, -0.2) is 72.1 Å². The SMILES string of the molecule is CN=C(NCc1ccccc1CN1CCC(C)CC1)N1CCN(Cc2ccon2)CC1. The van der Waals surface area contributed by atoms with Gasteiger partial charge in [0.1, 0.15) is 6.26 Å². The van der Waals surface area contributed by atoms with Gasteiger partial charge in [-0.25, -0.2) is 0 Å². The molecule has 0 atom stereocenters. The molecule has 1 aromatic carbocycles. The first kappa shape index (κ1) is 21.8. The Labute approximate surface area is 186 Å². The van der Waals surface area contributed by atoms with E-state index in [0.717, 1.165) is 63.4 Å². The van der Waals surface area contributed by atoms with E-state index in [9.17, 15) is 0 Å². The van der Waals surface area contributed by atoms with E-state index in [1.165, 1.54) is 37.1 Å². The van der Waals surface area contributed by atoms with Gasteiger partial charge in [0.05, 0.1) is 5.69 Å². The van der Waals surface area contributed by atoms with Crippen LogP contribution in [0.2, 0.25) is 0 Å². The Balaban J connectivity index is 1.28. The zero-order chi connectivity index (χ0) is 21.5. The largest absolute Gasteiger partial charge is 0.364 e. The predicted molar refractivity (Wildman–Crippen MR) is 124 cm³/mol. The lowest BCUT2D eigenvalue weighted by Crippen LogP contribution is -2.52. The van der Waals surface area contributed by atoms with Crippen LogP contribution in [0.15, 0.2) is 46.1 Å². The molecule has 2 aromatic rings. The van der Waals surface area contributed by atoms with Crippen LogP contribution < -0.4 is 5.32 Å². The molecule has 0 radical (unpaired) electrons. The quantitative estimate of drug-likeness (QED) is 0.568. The maximum atomic E-state index is 4.95. The summed E-state index contributed by atoms with van der Waals surface area (Å²) in [4.78, 5) is 11.9. The third-order valence-electron chi connectivity index (χ3n) is 6.59. The number of piperidine rings is 1. The van der Waals surface area contributed by atoms with Gasteiger partial charge in [0.2, 0.25) is 0 Å². The minimum Gasteiger partial charge on any atom is -0.364 e. The fraction of sp³-hybridized carbons (Fsp3) is 0.583. The summed E-state index contributed by atoms with van der Waals surface area (Å²) in [5.41, 5.74) is 3.79. The van der Waals surface area contributed by atoms with Gasteiger partial charge < -0.3 is 14.7 Å². The summed E-state index contributed by atoms with van der Waals surface area (Å²) in [5.74, 6) is 1.86. The number of nitrogens with zero attached hydrogens (tertiary/aromatic N) is 5. The Hall–Kier alpha value is -2.38. The minimum atomic E-state index is 0.812. The molecule has 0 amide bonds. The van der Waals surface area contributed by atoms with Crippen LogP contribution in [0.1, 0.15) is 36.6 Å². The zero-order valence-corrected chi connectivity index (χ0v) is 19.0. The lowest BCUT2D eigenvalue weighted by atomic mass is 9.98. The van der Waals surface area contributed by atoms with Crippen molar-refractivity contribution in [1.82, 2.24) is 25.2 Å². The van der Waals surface area contributed by atoms with Crippen molar-refractivity contribution in [2.75, 3.05) is 46.3 Å². The highest BCUT2D eigenvalue weighted by molar-refractivity contribution is 5.80. The highest BCUT2D eigenvalue weighted by Crippen LogP contribution is 2.20. The van der Waals surface area contributed by atoms with E-state index in [1.807, 2.05) is 13.1 Å². The Morgan fingerprint density at radius 1 is 1.00 bits per heavy atom. The smallest absolute Gasteiger partial charge is 0.194 e. The van der Waals surface area contributed by atoms with Crippen LogP contribution in [-0.2, 0) is 19.6 Å². The van der Waals surface area contributed by atoms with Gasteiger partial charge in [0, 0.05) is 58.9 Å². The molecular weight excluding hydrogens is 388 g/mol. The standard InChI is InChI=1S/C24H36N6O/c1-20-7-10-28(11-8-20)18-22-6-4-3-5-21(22)17-26-24(25-2)30-14-12-29(13-15-30)19-23-9-16-31-27-23/h3-6,9,16,20H,7-8,10-15,17-19H2,1-2H3,(H,25,26). The lowest BCUT2D eigenvalue weighted by molar-refractivity contribution is 0.169. The lowest BCUT2D eigenvalue weighted by Gasteiger charge is -2.36. The minimum absolute atomic E-state index is 0.812. The first-order valence-electron chi connectivity index (χ1n) is 11.6. The molecule has 2 fully saturated rings. The van der Waals surface area contributed by atoms with Gasteiger partial charge in [-0.2, -0.15) is 0 Å².